The average molecular weight is 470 g/mol. The fourth-order valence-electron chi connectivity index (χ4n) is 4.06. The largest absolute Gasteiger partial charge is 0.373 e. The van der Waals surface area contributed by atoms with E-state index >= 15 is 0 Å². The second-order valence-electron chi connectivity index (χ2n) is 7.10. The summed E-state index contributed by atoms with van der Waals surface area (Å²) in [6, 6.07) is 8.57. The minimum Gasteiger partial charge on any atom is -0.373 e. The lowest BCUT2D eigenvalue weighted by Crippen LogP contribution is -2.47. The molecule has 0 spiro atoms. The number of aliphatic imine (C=N–C) groups is 1. The Bertz CT molecular complexity index is 664. The highest BCUT2D eigenvalue weighted by molar-refractivity contribution is 14.0. The summed E-state index contributed by atoms with van der Waals surface area (Å²) in [5.41, 5.74) is 2.16. The van der Waals surface area contributed by atoms with Crippen molar-refractivity contribution in [2.45, 2.75) is 56.9 Å². The first-order valence-corrected chi connectivity index (χ1v) is 9.25. The Morgan fingerprint density at radius 1 is 1.31 bits per heavy atom. The third-order valence-electron chi connectivity index (χ3n) is 5.43. The third-order valence-corrected chi connectivity index (χ3v) is 5.43. The number of anilines is 1. The molecule has 3 aliphatic heterocycles. The summed E-state index contributed by atoms with van der Waals surface area (Å²) in [7, 11) is 1.80. The van der Waals surface area contributed by atoms with E-state index in [2.05, 4.69) is 27.8 Å². The summed E-state index contributed by atoms with van der Waals surface area (Å²) in [5, 5.41) is 6.86. The lowest BCUT2D eigenvalue weighted by atomic mass is 9.96. The van der Waals surface area contributed by atoms with Crippen LogP contribution >= 0.6 is 24.0 Å². The van der Waals surface area contributed by atoms with E-state index in [1.807, 2.05) is 17.0 Å². The molecular formula is C19H27IN4O2. The summed E-state index contributed by atoms with van der Waals surface area (Å²) >= 11 is 0. The van der Waals surface area contributed by atoms with E-state index in [1.54, 1.807) is 7.05 Å². The first-order valence-electron chi connectivity index (χ1n) is 9.25. The number of amides is 1. The maximum Gasteiger partial charge on any atom is 0.227 e. The Kier molecular flexibility index (Phi) is 6.39. The van der Waals surface area contributed by atoms with Crippen LogP contribution < -0.4 is 15.5 Å². The lowest BCUT2D eigenvalue weighted by Gasteiger charge is -2.22. The number of fused-ring (bicyclic) bond motifs is 2. The highest BCUT2D eigenvalue weighted by atomic mass is 127. The van der Waals surface area contributed by atoms with Crippen molar-refractivity contribution in [3.63, 3.8) is 0 Å². The van der Waals surface area contributed by atoms with Gasteiger partial charge in [-0.1, -0.05) is 12.1 Å². The van der Waals surface area contributed by atoms with Crippen LogP contribution in [0, 0.1) is 0 Å². The number of guanidine groups is 1. The number of halogens is 1. The number of nitrogens with zero attached hydrogens (tertiary/aromatic N) is 2. The number of hydrogen-bond acceptors (Lipinski definition) is 3. The number of rotatable bonds is 4. The van der Waals surface area contributed by atoms with Gasteiger partial charge in [-0.3, -0.25) is 9.79 Å². The van der Waals surface area contributed by atoms with E-state index in [-0.39, 0.29) is 29.9 Å². The highest BCUT2D eigenvalue weighted by Crippen LogP contribution is 2.34. The molecule has 3 unspecified atom stereocenters. The summed E-state index contributed by atoms with van der Waals surface area (Å²) in [5.74, 6) is 1.04. The molecule has 3 heterocycles. The van der Waals surface area contributed by atoms with Crippen LogP contribution in [0.15, 0.2) is 29.3 Å². The molecule has 3 aliphatic rings. The van der Waals surface area contributed by atoms with Crippen LogP contribution in [0.2, 0.25) is 0 Å². The van der Waals surface area contributed by atoms with Gasteiger partial charge in [0.15, 0.2) is 5.96 Å². The standard InChI is InChI=1S/C19H26N4O2.HI/c1-20-19(22-16-11-15-8-9-17(16)25-15)21-12-13-4-6-14(7-5-13)23-10-2-3-18(23)24;/h4-7,15-17H,2-3,8-12H2,1H3,(H2,20,21,22);1H. The molecule has 1 amide bonds. The second-order valence-corrected chi connectivity index (χ2v) is 7.10. The number of carbonyl (C=O) groups is 1. The van der Waals surface area contributed by atoms with Crippen LogP contribution in [0.5, 0.6) is 0 Å². The van der Waals surface area contributed by atoms with E-state index in [4.69, 9.17) is 4.74 Å². The van der Waals surface area contributed by atoms with Crippen molar-refractivity contribution in [3.05, 3.63) is 29.8 Å². The van der Waals surface area contributed by atoms with E-state index in [9.17, 15) is 4.79 Å². The van der Waals surface area contributed by atoms with Crippen LogP contribution in [0.4, 0.5) is 5.69 Å². The Morgan fingerprint density at radius 3 is 2.69 bits per heavy atom. The van der Waals surface area contributed by atoms with Gasteiger partial charge in [-0.25, -0.2) is 0 Å². The van der Waals surface area contributed by atoms with Crippen LogP contribution in [-0.2, 0) is 16.1 Å². The first kappa shape index (κ1) is 19.4. The topological polar surface area (TPSA) is 66.0 Å². The zero-order valence-corrected chi connectivity index (χ0v) is 17.4. The quantitative estimate of drug-likeness (QED) is 0.403. The molecule has 0 saturated carbocycles. The van der Waals surface area contributed by atoms with Crippen molar-refractivity contribution in [2.24, 2.45) is 4.99 Å². The van der Waals surface area contributed by atoms with Gasteiger partial charge in [0.25, 0.3) is 0 Å². The van der Waals surface area contributed by atoms with Gasteiger partial charge in [0.05, 0.1) is 18.2 Å². The molecular weight excluding hydrogens is 443 g/mol. The maximum atomic E-state index is 11.8. The molecule has 3 fully saturated rings. The van der Waals surface area contributed by atoms with Gasteiger partial charge in [0.2, 0.25) is 5.91 Å². The SMILES string of the molecule is CN=C(NCc1ccc(N2CCCC2=O)cc1)NC1CC2CCC1O2.I. The molecule has 26 heavy (non-hydrogen) atoms. The van der Waals surface area contributed by atoms with Crippen molar-refractivity contribution in [1.82, 2.24) is 10.6 Å². The number of carbonyl (C=O) groups excluding carboxylic acids is 1. The fourth-order valence-corrected chi connectivity index (χ4v) is 4.06. The Labute approximate surface area is 171 Å². The van der Waals surface area contributed by atoms with Crippen molar-refractivity contribution in [1.29, 1.82) is 0 Å². The van der Waals surface area contributed by atoms with Gasteiger partial charge in [0.1, 0.15) is 0 Å². The Balaban J connectivity index is 0.00000196. The summed E-state index contributed by atoms with van der Waals surface area (Å²) in [6.45, 7) is 1.54. The summed E-state index contributed by atoms with van der Waals surface area (Å²) in [4.78, 5) is 18.0. The van der Waals surface area contributed by atoms with Crippen molar-refractivity contribution in [2.75, 3.05) is 18.5 Å². The molecule has 1 aromatic rings. The summed E-state index contributed by atoms with van der Waals surface area (Å²) < 4.78 is 5.89. The highest BCUT2D eigenvalue weighted by Gasteiger charge is 2.41. The molecule has 2 N–H and O–H groups in total. The minimum atomic E-state index is 0. The molecule has 0 aromatic heterocycles. The van der Waals surface area contributed by atoms with Gasteiger partial charge >= 0.3 is 0 Å². The van der Waals surface area contributed by atoms with E-state index in [0.29, 0.717) is 31.2 Å². The molecule has 142 valence electrons. The Morgan fingerprint density at radius 2 is 2.12 bits per heavy atom. The van der Waals surface area contributed by atoms with E-state index in [0.717, 1.165) is 37.5 Å². The lowest BCUT2D eigenvalue weighted by molar-refractivity contribution is -0.117. The molecule has 1 aromatic carbocycles. The average Bonchev–Trinajstić information content (AvgIpc) is 3.36. The third kappa shape index (κ3) is 4.14. The molecule has 7 heteroatoms. The normalized spacial score (nSPS) is 27.6. The van der Waals surface area contributed by atoms with Gasteiger partial charge < -0.3 is 20.3 Å². The van der Waals surface area contributed by atoms with Crippen molar-refractivity contribution in [3.8, 4) is 0 Å². The fraction of sp³-hybridized carbons (Fsp3) is 0.579. The van der Waals surface area contributed by atoms with Crippen molar-refractivity contribution >= 4 is 41.5 Å². The van der Waals surface area contributed by atoms with E-state index in [1.165, 1.54) is 12.0 Å². The van der Waals surface area contributed by atoms with Crippen LogP contribution in [0.3, 0.4) is 0 Å². The maximum absolute atomic E-state index is 11.8. The number of benzene rings is 1. The molecule has 3 saturated heterocycles. The van der Waals surface area contributed by atoms with Gasteiger partial charge in [0, 0.05) is 32.2 Å². The van der Waals surface area contributed by atoms with Gasteiger partial charge in [-0.05, 0) is 43.4 Å². The molecule has 6 nitrogen and oxygen atoms in total. The zero-order valence-electron chi connectivity index (χ0n) is 15.1. The Hall–Kier alpha value is -1.35. The van der Waals surface area contributed by atoms with E-state index < -0.39 is 0 Å². The van der Waals surface area contributed by atoms with Crippen molar-refractivity contribution < 1.29 is 9.53 Å². The predicted molar refractivity (Wildman–Crippen MR) is 113 cm³/mol. The van der Waals surface area contributed by atoms with Crippen LogP contribution in [-0.4, -0.2) is 43.7 Å². The molecule has 0 aliphatic carbocycles. The number of ether oxygens (including phenoxy) is 1. The second kappa shape index (κ2) is 8.56. The molecule has 0 radical (unpaired) electrons. The van der Waals surface area contributed by atoms with Crippen LogP contribution in [0.25, 0.3) is 0 Å². The molecule has 2 bridgehead atoms. The smallest absolute Gasteiger partial charge is 0.227 e. The van der Waals surface area contributed by atoms with Gasteiger partial charge in [-0.15, -0.1) is 24.0 Å². The minimum absolute atomic E-state index is 0. The monoisotopic (exact) mass is 470 g/mol. The van der Waals surface area contributed by atoms with Gasteiger partial charge in [-0.2, -0.15) is 0 Å². The number of hydrogen-bond donors (Lipinski definition) is 2. The summed E-state index contributed by atoms with van der Waals surface area (Å²) in [6.07, 6.45) is 5.80. The molecule has 4 rings (SSSR count). The predicted octanol–water partition coefficient (Wildman–Crippen LogP) is 2.42. The first-order chi connectivity index (χ1) is 12.2. The van der Waals surface area contributed by atoms with Crippen LogP contribution in [0.1, 0.15) is 37.7 Å². The number of nitrogens with one attached hydrogen (secondary N) is 2. The zero-order chi connectivity index (χ0) is 17.2. The molecule has 3 atom stereocenters.